The Morgan fingerprint density at radius 2 is 2.00 bits per heavy atom. The number of pyridine rings is 1. The summed E-state index contributed by atoms with van der Waals surface area (Å²) in [5, 5.41) is 3.51. The van der Waals surface area contributed by atoms with Crippen molar-refractivity contribution in [3.8, 4) is 5.75 Å². The molecule has 1 aliphatic heterocycles. The molecule has 1 atom stereocenters. The molecule has 1 aliphatic rings. The second kappa shape index (κ2) is 4.53. The topological polar surface area (TPSA) is 34.1 Å². The number of anilines is 1. The maximum atomic E-state index is 6.01. The van der Waals surface area contributed by atoms with E-state index in [-0.39, 0.29) is 11.6 Å². The van der Waals surface area contributed by atoms with E-state index in [1.807, 2.05) is 36.5 Å². The van der Waals surface area contributed by atoms with Crippen molar-refractivity contribution in [3.05, 3.63) is 52.8 Å². The number of aromatic nitrogens is 1. The van der Waals surface area contributed by atoms with Crippen LogP contribution in [0.3, 0.4) is 0 Å². The third kappa shape index (κ3) is 2.32. The summed E-state index contributed by atoms with van der Waals surface area (Å²) >= 11 is 3.34. The van der Waals surface area contributed by atoms with E-state index in [0.29, 0.717) is 0 Å². The molecular formula is C15H15BrN2O. The van der Waals surface area contributed by atoms with Gasteiger partial charge in [0.1, 0.15) is 16.0 Å². The number of halogens is 1. The van der Waals surface area contributed by atoms with Crippen molar-refractivity contribution in [2.75, 3.05) is 5.32 Å². The lowest BCUT2D eigenvalue weighted by Crippen LogP contribution is -2.34. The molecule has 2 heterocycles. The van der Waals surface area contributed by atoms with E-state index in [9.17, 15) is 0 Å². The highest BCUT2D eigenvalue weighted by Gasteiger charge is 2.40. The molecule has 0 amide bonds. The quantitative estimate of drug-likeness (QED) is 0.844. The van der Waals surface area contributed by atoms with Crippen molar-refractivity contribution in [2.45, 2.75) is 25.5 Å². The Labute approximate surface area is 121 Å². The van der Waals surface area contributed by atoms with Crippen molar-refractivity contribution in [1.29, 1.82) is 0 Å². The summed E-state index contributed by atoms with van der Waals surface area (Å²) in [7, 11) is 0. The van der Waals surface area contributed by atoms with Gasteiger partial charge in [-0.2, -0.15) is 0 Å². The first-order chi connectivity index (χ1) is 9.06. The van der Waals surface area contributed by atoms with Crippen LogP contribution in [0, 0.1) is 0 Å². The van der Waals surface area contributed by atoms with Crippen molar-refractivity contribution in [3.63, 3.8) is 0 Å². The van der Waals surface area contributed by atoms with Gasteiger partial charge in [0, 0.05) is 5.56 Å². The highest BCUT2D eigenvalue weighted by atomic mass is 79.9. The van der Waals surface area contributed by atoms with Crippen LogP contribution >= 0.6 is 15.9 Å². The van der Waals surface area contributed by atoms with Crippen LogP contribution in [-0.4, -0.2) is 10.6 Å². The van der Waals surface area contributed by atoms with Gasteiger partial charge in [-0.05, 0) is 48.0 Å². The summed E-state index contributed by atoms with van der Waals surface area (Å²) < 4.78 is 6.84. The fourth-order valence-electron chi connectivity index (χ4n) is 2.41. The Bertz CT molecular complexity index is 595. The normalized spacial score (nSPS) is 19.6. The zero-order chi connectivity index (χ0) is 13.5. The van der Waals surface area contributed by atoms with E-state index in [2.05, 4.69) is 46.1 Å². The van der Waals surface area contributed by atoms with Crippen LogP contribution in [0.25, 0.3) is 0 Å². The second-order valence-electron chi connectivity index (χ2n) is 5.19. The lowest BCUT2D eigenvalue weighted by molar-refractivity contribution is 0.118. The predicted molar refractivity (Wildman–Crippen MR) is 79.4 cm³/mol. The smallest absolute Gasteiger partial charge is 0.128 e. The van der Waals surface area contributed by atoms with Gasteiger partial charge >= 0.3 is 0 Å². The molecule has 1 aromatic carbocycles. The minimum Gasteiger partial charge on any atom is -0.485 e. The zero-order valence-electron chi connectivity index (χ0n) is 10.9. The Balaban J connectivity index is 1.93. The lowest BCUT2D eigenvalue weighted by atomic mass is 9.94. The largest absolute Gasteiger partial charge is 0.485 e. The predicted octanol–water partition coefficient (Wildman–Crippen LogP) is 4.17. The Kier molecular flexibility index (Phi) is 2.97. The third-order valence-electron chi connectivity index (χ3n) is 3.34. The van der Waals surface area contributed by atoms with Crippen molar-refractivity contribution < 1.29 is 4.74 Å². The molecule has 0 fully saturated rings. The van der Waals surface area contributed by atoms with Gasteiger partial charge in [0.15, 0.2) is 0 Å². The molecule has 4 heteroatoms. The molecule has 0 radical (unpaired) electrons. The highest BCUT2D eigenvalue weighted by Crippen LogP contribution is 2.44. The summed E-state index contributed by atoms with van der Waals surface area (Å²) in [5.74, 6) is 0.954. The van der Waals surface area contributed by atoms with E-state index in [1.165, 1.54) is 5.56 Å². The van der Waals surface area contributed by atoms with Gasteiger partial charge < -0.3 is 10.1 Å². The van der Waals surface area contributed by atoms with Crippen LogP contribution in [-0.2, 0) is 0 Å². The molecule has 1 N–H and O–H groups in total. The number of fused-ring (bicyclic) bond motifs is 1. The molecule has 0 saturated carbocycles. The highest BCUT2D eigenvalue weighted by molar-refractivity contribution is 9.10. The molecule has 0 spiro atoms. The van der Waals surface area contributed by atoms with Crippen LogP contribution in [0.4, 0.5) is 5.69 Å². The SMILES string of the molecule is CC1(C)Oc2ccccc2C1Nc1ccc(Br)nc1. The van der Waals surface area contributed by atoms with Crippen LogP contribution in [0.15, 0.2) is 47.2 Å². The number of benzene rings is 1. The lowest BCUT2D eigenvalue weighted by Gasteiger charge is -2.27. The summed E-state index contributed by atoms with van der Waals surface area (Å²) in [5.41, 5.74) is 1.90. The van der Waals surface area contributed by atoms with Gasteiger partial charge in [-0.25, -0.2) is 4.98 Å². The Morgan fingerprint density at radius 1 is 1.21 bits per heavy atom. The van der Waals surface area contributed by atoms with Gasteiger partial charge in [-0.3, -0.25) is 0 Å². The first-order valence-electron chi connectivity index (χ1n) is 6.22. The molecule has 1 unspecified atom stereocenters. The number of hydrogen-bond acceptors (Lipinski definition) is 3. The summed E-state index contributed by atoms with van der Waals surface area (Å²) in [6.45, 7) is 4.19. The number of hydrogen-bond donors (Lipinski definition) is 1. The van der Waals surface area contributed by atoms with Crippen LogP contribution in [0.1, 0.15) is 25.5 Å². The average Bonchev–Trinajstić information content (AvgIpc) is 2.63. The van der Waals surface area contributed by atoms with Gasteiger partial charge in [-0.15, -0.1) is 0 Å². The van der Waals surface area contributed by atoms with Crippen LogP contribution in [0.2, 0.25) is 0 Å². The summed E-state index contributed by atoms with van der Waals surface area (Å²) in [6, 6.07) is 12.2. The molecule has 0 bridgehead atoms. The molecular weight excluding hydrogens is 304 g/mol. The van der Waals surface area contributed by atoms with Crippen molar-refractivity contribution in [1.82, 2.24) is 4.98 Å². The minimum absolute atomic E-state index is 0.117. The van der Waals surface area contributed by atoms with E-state index in [0.717, 1.165) is 16.0 Å². The molecule has 0 saturated heterocycles. The van der Waals surface area contributed by atoms with Gasteiger partial charge in [0.2, 0.25) is 0 Å². The molecule has 3 rings (SSSR count). The van der Waals surface area contributed by atoms with Gasteiger partial charge in [0.25, 0.3) is 0 Å². The maximum Gasteiger partial charge on any atom is 0.128 e. The Hall–Kier alpha value is -1.55. The van der Waals surface area contributed by atoms with E-state index in [4.69, 9.17) is 4.74 Å². The number of para-hydroxylation sites is 1. The molecule has 2 aromatic rings. The van der Waals surface area contributed by atoms with Crippen molar-refractivity contribution >= 4 is 21.6 Å². The van der Waals surface area contributed by atoms with E-state index in [1.54, 1.807) is 0 Å². The maximum absolute atomic E-state index is 6.01. The fourth-order valence-corrected chi connectivity index (χ4v) is 2.64. The van der Waals surface area contributed by atoms with Gasteiger partial charge in [-0.1, -0.05) is 18.2 Å². The average molecular weight is 319 g/mol. The third-order valence-corrected chi connectivity index (χ3v) is 3.81. The van der Waals surface area contributed by atoms with Crippen LogP contribution in [0.5, 0.6) is 5.75 Å². The number of nitrogens with zero attached hydrogens (tertiary/aromatic N) is 1. The number of ether oxygens (including phenoxy) is 1. The van der Waals surface area contributed by atoms with E-state index >= 15 is 0 Å². The number of rotatable bonds is 2. The van der Waals surface area contributed by atoms with Gasteiger partial charge in [0.05, 0.1) is 17.9 Å². The van der Waals surface area contributed by atoms with E-state index < -0.39 is 0 Å². The first-order valence-corrected chi connectivity index (χ1v) is 7.01. The zero-order valence-corrected chi connectivity index (χ0v) is 12.4. The van der Waals surface area contributed by atoms with Crippen molar-refractivity contribution in [2.24, 2.45) is 0 Å². The monoisotopic (exact) mass is 318 g/mol. The standard InChI is InChI=1S/C15H15BrN2O/c1-15(2)14(11-5-3-4-6-12(11)19-15)18-10-7-8-13(16)17-9-10/h3-9,14,18H,1-2H3. The first kappa shape index (κ1) is 12.5. The molecule has 1 aromatic heterocycles. The summed E-state index contributed by atoms with van der Waals surface area (Å²) in [4.78, 5) is 4.24. The fraction of sp³-hybridized carbons (Fsp3) is 0.267. The second-order valence-corrected chi connectivity index (χ2v) is 6.00. The number of nitrogens with one attached hydrogen (secondary N) is 1. The molecule has 98 valence electrons. The molecule has 3 nitrogen and oxygen atoms in total. The molecule has 0 aliphatic carbocycles. The minimum atomic E-state index is -0.281. The summed E-state index contributed by atoms with van der Waals surface area (Å²) in [6.07, 6.45) is 1.82. The molecule has 19 heavy (non-hydrogen) atoms. The Morgan fingerprint density at radius 3 is 2.74 bits per heavy atom. The van der Waals surface area contributed by atoms with Crippen LogP contribution < -0.4 is 10.1 Å².